The molecule has 0 amide bonds. The van der Waals surface area contributed by atoms with E-state index in [-0.39, 0.29) is 5.43 Å². The summed E-state index contributed by atoms with van der Waals surface area (Å²) in [5.74, 6) is 0. The molecule has 0 aromatic carbocycles. The van der Waals surface area contributed by atoms with Gasteiger partial charge in [-0.25, -0.2) is 0 Å². The van der Waals surface area contributed by atoms with Gasteiger partial charge in [0.1, 0.15) is 0 Å². The summed E-state index contributed by atoms with van der Waals surface area (Å²) >= 11 is 0. The Labute approximate surface area is 59.2 Å². The van der Waals surface area contributed by atoms with Crippen molar-refractivity contribution in [3.05, 3.63) is 46.9 Å². The van der Waals surface area contributed by atoms with E-state index in [9.17, 15) is 4.79 Å². The highest BCUT2D eigenvalue weighted by atomic mass is 16.1. The molecular weight excluding hydrogens is 126 g/mol. The lowest BCUT2D eigenvalue weighted by Gasteiger charge is -1.92. The van der Waals surface area contributed by atoms with E-state index in [1.807, 2.05) is 0 Å². The third kappa shape index (κ3) is 1.58. The van der Waals surface area contributed by atoms with E-state index in [0.717, 1.165) is 12.1 Å². The maximum absolute atomic E-state index is 10.7. The highest BCUT2D eigenvalue weighted by Crippen LogP contribution is 1.89. The summed E-state index contributed by atoms with van der Waals surface area (Å²) in [6.45, 7) is 3.56. The van der Waals surface area contributed by atoms with Gasteiger partial charge >= 0.3 is 0 Å². The average Bonchev–Trinajstić information content (AvgIpc) is 1.88. The lowest BCUT2D eigenvalue weighted by Crippen LogP contribution is -1.99. The van der Waals surface area contributed by atoms with Gasteiger partial charge in [-0.1, -0.05) is 6.08 Å². The first-order valence-electron chi connectivity index (χ1n) is 3.11. The molecule has 1 rings (SSSR count). The predicted molar refractivity (Wildman–Crippen MR) is 41.0 cm³/mol. The van der Waals surface area contributed by atoms with E-state index >= 15 is 0 Å². The third-order valence-electron chi connectivity index (χ3n) is 1.20. The highest BCUT2D eigenvalue weighted by molar-refractivity contribution is 5.06. The molecule has 1 aromatic rings. The Bertz CT molecular complexity index is 275. The number of H-pyrrole nitrogens is 1. The Hall–Kier alpha value is -1.31. The van der Waals surface area contributed by atoms with Crippen LogP contribution in [0.3, 0.4) is 0 Å². The van der Waals surface area contributed by atoms with Gasteiger partial charge < -0.3 is 4.98 Å². The van der Waals surface area contributed by atoms with E-state index in [4.69, 9.17) is 0 Å². The van der Waals surface area contributed by atoms with Crippen LogP contribution in [0.15, 0.2) is 35.8 Å². The van der Waals surface area contributed by atoms with E-state index in [1.54, 1.807) is 18.3 Å². The Morgan fingerprint density at radius 2 is 2.50 bits per heavy atom. The third-order valence-corrected chi connectivity index (χ3v) is 1.20. The van der Waals surface area contributed by atoms with Crippen molar-refractivity contribution in [3.8, 4) is 0 Å². The molecule has 0 radical (unpaired) electrons. The van der Waals surface area contributed by atoms with Crippen LogP contribution in [-0.2, 0) is 6.42 Å². The monoisotopic (exact) mass is 135 g/mol. The number of allylic oxidation sites excluding steroid dienone is 1. The van der Waals surface area contributed by atoms with Crippen molar-refractivity contribution in [2.24, 2.45) is 0 Å². The zero-order valence-corrected chi connectivity index (χ0v) is 5.63. The Morgan fingerprint density at radius 1 is 1.70 bits per heavy atom. The van der Waals surface area contributed by atoms with Gasteiger partial charge in [0, 0.05) is 30.4 Å². The summed E-state index contributed by atoms with van der Waals surface area (Å²) in [5.41, 5.74) is 0.943. The van der Waals surface area contributed by atoms with Crippen molar-refractivity contribution in [2.45, 2.75) is 6.42 Å². The average molecular weight is 135 g/mol. The van der Waals surface area contributed by atoms with Crippen LogP contribution < -0.4 is 5.43 Å². The van der Waals surface area contributed by atoms with Gasteiger partial charge in [0.25, 0.3) is 0 Å². The number of aromatic nitrogens is 1. The highest BCUT2D eigenvalue weighted by Gasteiger charge is 1.87. The van der Waals surface area contributed by atoms with Gasteiger partial charge in [0.15, 0.2) is 5.43 Å². The first-order valence-corrected chi connectivity index (χ1v) is 3.11. The molecule has 0 aliphatic rings. The second kappa shape index (κ2) is 3.01. The molecule has 0 aliphatic carbocycles. The second-order valence-electron chi connectivity index (χ2n) is 2.04. The standard InChI is InChI=1S/C8H9NO/c1-2-3-7-6-8(10)4-5-9-7/h2,4-6H,1,3H2,(H,9,10). The fraction of sp³-hybridized carbons (Fsp3) is 0.125. The molecule has 2 nitrogen and oxygen atoms in total. The van der Waals surface area contributed by atoms with Crippen molar-refractivity contribution >= 4 is 0 Å². The molecule has 10 heavy (non-hydrogen) atoms. The van der Waals surface area contributed by atoms with Gasteiger partial charge in [-0.2, -0.15) is 0 Å². The number of rotatable bonds is 2. The normalized spacial score (nSPS) is 9.20. The van der Waals surface area contributed by atoms with Crippen LogP contribution in [0.5, 0.6) is 0 Å². The molecule has 0 unspecified atom stereocenters. The fourth-order valence-electron chi connectivity index (χ4n) is 0.766. The summed E-state index contributed by atoms with van der Waals surface area (Å²) in [7, 11) is 0. The summed E-state index contributed by atoms with van der Waals surface area (Å²) in [6, 6.07) is 3.06. The van der Waals surface area contributed by atoms with Crippen molar-refractivity contribution < 1.29 is 0 Å². The summed E-state index contributed by atoms with van der Waals surface area (Å²) < 4.78 is 0. The minimum atomic E-state index is 0.0376. The fourth-order valence-corrected chi connectivity index (χ4v) is 0.766. The minimum absolute atomic E-state index is 0.0376. The molecule has 0 spiro atoms. The largest absolute Gasteiger partial charge is 0.364 e. The van der Waals surface area contributed by atoms with Gasteiger partial charge in [-0.15, -0.1) is 6.58 Å². The molecule has 0 saturated heterocycles. The molecule has 0 saturated carbocycles. The first kappa shape index (κ1) is 6.81. The van der Waals surface area contributed by atoms with Crippen molar-refractivity contribution in [3.63, 3.8) is 0 Å². The number of hydrogen-bond acceptors (Lipinski definition) is 1. The zero-order chi connectivity index (χ0) is 7.40. The lowest BCUT2D eigenvalue weighted by molar-refractivity contribution is 1.10. The number of aromatic amines is 1. The number of hydrogen-bond donors (Lipinski definition) is 1. The molecule has 0 fully saturated rings. The van der Waals surface area contributed by atoms with Crippen molar-refractivity contribution in [1.82, 2.24) is 4.98 Å². The van der Waals surface area contributed by atoms with E-state index in [2.05, 4.69) is 11.6 Å². The van der Waals surface area contributed by atoms with Crippen LogP contribution >= 0.6 is 0 Å². The number of pyridine rings is 1. The van der Waals surface area contributed by atoms with Gasteiger partial charge in [-0.3, -0.25) is 4.79 Å². The van der Waals surface area contributed by atoms with Crippen molar-refractivity contribution in [1.29, 1.82) is 0 Å². The summed E-state index contributed by atoms with van der Waals surface area (Å²) in [5, 5.41) is 0. The van der Waals surface area contributed by atoms with Crippen LogP contribution in [0.1, 0.15) is 5.69 Å². The molecule has 1 aromatic heterocycles. The molecule has 0 aliphatic heterocycles. The Morgan fingerprint density at radius 3 is 3.10 bits per heavy atom. The summed E-state index contributed by atoms with van der Waals surface area (Å²) in [4.78, 5) is 13.6. The number of nitrogens with one attached hydrogen (secondary N) is 1. The summed E-state index contributed by atoms with van der Waals surface area (Å²) in [6.07, 6.45) is 4.11. The molecule has 1 heterocycles. The lowest BCUT2D eigenvalue weighted by atomic mass is 10.3. The van der Waals surface area contributed by atoms with Crippen LogP contribution in [0.4, 0.5) is 0 Å². The van der Waals surface area contributed by atoms with Gasteiger partial charge in [0.2, 0.25) is 0 Å². The maximum Gasteiger partial charge on any atom is 0.181 e. The molecule has 2 heteroatoms. The topological polar surface area (TPSA) is 32.9 Å². The maximum atomic E-state index is 10.7. The van der Waals surface area contributed by atoms with Crippen molar-refractivity contribution in [2.75, 3.05) is 0 Å². The van der Waals surface area contributed by atoms with E-state index in [0.29, 0.717) is 0 Å². The molecule has 52 valence electrons. The first-order chi connectivity index (χ1) is 4.83. The predicted octanol–water partition coefficient (Wildman–Crippen LogP) is 1.10. The van der Waals surface area contributed by atoms with Crippen LogP contribution in [-0.4, -0.2) is 4.98 Å². The minimum Gasteiger partial charge on any atom is -0.364 e. The Kier molecular flexibility index (Phi) is 2.05. The molecule has 1 N–H and O–H groups in total. The second-order valence-corrected chi connectivity index (χ2v) is 2.04. The smallest absolute Gasteiger partial charge is 0.181 e. The molecule has 0 atom stereocenters. The van der Waals surface area contributed by atoms with Crippen LogP contribution in [0.2, 0.25) is 0 Å². The molecular formula is C8H9NO. The van der Waals surface area contributed by atoms with Crippen LogP contribution in [0, 0.1) is 0 Å². The molecule has 0 bridgehead atoms. The zero-order valence-electron chi connectivity index (χ0n) is 5.63. The van der Waals surface area contributed by atoms with E-state index < -0.39 is 0 Å². The quantitative estimate of drug-likeness (QED) is 0.605. The van der Waals surface area contributed by atoms with E-state index in [1.165, 1.54) is 6.07 Å². The van der Waals surface area contributed by atoms with Crippen LogP contribution in [0.25, 0.3) is 0 Å². The van der Waals surface area contributed by atoms with Gasteiger partial charge in [-0.05, 0) is 0 Å². The Balaban J connectivity index is 2.95. The SMILES string of the molecule is C=CCc1cc(=O)cc[nH]1. The van der Waals surface area contributed by atoms with Gasteiger partial charge in [0.05, 0.1) is 0 Å².